The van der Waals surface area contributed by atoms with Crippen molar-refractivity contribution in [2.24, 2.45) is 0 Å². The predicted octanol–water partition coefficient (Wildman–Crippen LogP) is 4.66. The summed E-state index contributed by atoms with van der Waals surface area (Å²) in [5, 5.41) is 6.08. The van der Waals surface area contributed by atoms with Crippen molar-refractivity contribution >= 4 is 67.4 Å². The highest BCUT2D eigenvalue weighted by Gasteiger charge is 2.28. The molecule has 0 spiro atoms. The molecule has 0 atom stereocenters. The summed E-state index contributed by atoms with van der Waals surface area (Å²) in [4.78, 5) is 9.30. The largest absolute Gasteiger partial charge is 0.554 e. The third-order valence-electron chi connectivity index (χ3n) is 0.190. The summed E-state index contributed by atoms with van der Waals surface area (Å²) in [5.74, 6) is -4.07. The molecule has 5 nitrogen and oxygen atoms in total. The summed E-state index contributed by atoms with van der Waals surface area (Å²) in [6.45, 7) is 0. The molecular weight excluding hydrogens is 317 g/mol. The van der Waals surface area contributed by atoms with Gasteiger partial charge in [-0.2, -0.15) is 0 Å². The minimum absolute atomic E-state index is 1.23. The van der Waals surface area contributed by atoms with Gasteiger partial charge in [0.1, 0.15) is 0 Å². The quantitative estimate of drug-likeness (QED) is 0.400. The Labute approximate surface area is 91.1 Å². The lowest BCUT2D eigenvalue weighted by atomic mass is 13.4. The molecule has 0 bridgehead atoms. The van der Waals surface area contributed by atoms with E-state index in [1.807, 2.05) is 0 Å². The second kappa shape index (κ2) is 5.92. The van der Waals surface area contributed by atoms with Crippen molar-refractivity contribution in [3.05, 3.63) is 10.1 Å². The van der Waals surface area contributed by atoms with Crippen LogP contribution in [0.5, 0.6) is 0 Å². The Bertz CT molecular complexity index is 230. The number of hydrogen-bond acceptors (Lipinski definition) is 4. The summed E-state index contributed by atoms with van der Waals surface area (Å²) < 4.78 is 18.0. The minimum Gasteiger partial charge on any atom is -0.271 e. The molecule has 0 aromatic heterocycles. The summed E-state index contributed by atoms with van der Waals surface area (Å²) in [6.07, 6.45) is 0. The normalized spacial score (nSPS) is 11.4. The Kier molecular flexibility index (Phi) is 7.78. The van der Waals surface area contributed by atoms with E-state index >= 15 is 0 Å². The fraction of sp³-hybridized carbons (Fsp3) is 0. The van der Waals surface area contributed by atoms with E-state index in [-0.39, 0.29) is 0 Å². The Hall–Kier alpha value is 1.31. The lowest BCUT2D eigenvalue weighted by molar-refractivity contribution is -0.304. The van der Waals surface area contributed by atoms with E-state index in [0.717, 1.165) is 0 Å². The number of nitrogens with zero attached hydrogens (tertiary/aromatic N) is 1. The number of nitro groups is 1. The van der Waals surface area contributed by atoms with Crippen molar-refractivity contribution in [3.63, 3.8) is 0 Å². The monoisotopic (exact) mass is 315 g/mol. The van der Waals surface area contributed by atoms with Crippen LogP contribution in [0.15, 0.2) is 0 Å². The molecule has 0 radical (unpaired) electrons. The lowest BCUT2D eigenvalue weighted by Crippen LogP contribution is -1.80. The molecule has 12 heteroatoms. The summed E-state index contributed by atoms with van der Waals surface area (Å²) in [7, 11) is 0. The number of hydrogen-bond donors (Lipinski definition) is 0. The molecule has 0 N–H and O–H groups in total. The first-order chi connectivity index (χ1) is 4.94. The molecule has 0 heterocycles. The van der Waals surface area contributed by atoms with E-state index in [2.05, 4.69) is 56.2 Å². The van der Waals surface area contributed by atoms with E-state index < -0.39 is 15.9 Å². The zero-order chi connectivity index (χ0) is 10.6. The van der Waals surface area contributed by atoms with Gasteiger partial charge in [0.05, 0.1) is 4.69 Å². The molecule has 0 aromatic rings. The summed E-state index contributed by atoms with van der Waals surface area (Å²) in [6, 6.07) is 0. The van der Waals surface area contributed by atoms with Gasteiger partial charge in [0.15, 0.2) is 0 Å². The molecule has 0 aliphatic heterocycles. The average Bonchev–Trinajstić information content (AvgIpc) is 1.55. The van der Waals surface area contributed by atoms with Gasteiger partial charge in [0.2, 0.25) is 0 Å². The predicted molar refractivity (Wildman–Crippen MR) is 51.5 cm³/mol. The molecule has 0 saturated heterocycles. The average molecular weight is 317 g/mol. The smallest absolute Gasteiger partial charge is 0.271 e. The van der Waals surface area contributed by atoms with Crippen LogP contribution in [-0.4, -0.2) is 4.69 Å². The molecule has 0 aliphatic rings. The van der Waals surface area contributed by atoms with Crippen LogP contribution >= 0.6 is 67.4 Å². The second-order valence-electron chi connectivity index (χ2n) is 1.07. The highest BCUT2D eigenvalue weighted by atomic mass is 36.0. The highest BCUT2D eigenvalue weighted by Crippen LogP contribution is 2.61. The SMILES string of the molecule is O=P(Cl)(Cl)Cl.O=[N+]([O-])P(=O)(Cl)Cl. The zero-order valence-corrected chi connectivity index (χ0v) is 10.4. The van der Waals surface area contributed by atoms with Crippen LogP contribution in [0.4, 0.5) is 0 Å². The maximum absolute atomic E-state index is 9.75. The number of rotatable bonds is 1. The topological polar surface area (TPSA) is 77.3 Å². The van der Waals surface area contributed by atoms with Gasteiger partial charge in [-0.15, -0.1) is 0 Å². The first kappa shape index (κ1) is 15.8. The maximum atomic E-state index is 9.75. The Morgan fingerprint density at radius 3 is 1.08 bits per heavy atom. The van der Waals surface area contributed by atoms with Crippen LogP contribution in [0.25, 0.3) is 0 Å². The molecule has 0 aromatic carbocycles. The molecule has 0 unspecified atom stereocenters. The Balaban J connectivity index is 0. The third kappa shape index (κ3) is 22.5. The van der Waals surface area contributed by atoms with Crippen molar-refractivity contribution in [2.45, 2.75) is 0 Å². The fourth-order valence-electron chi connectivity index (χ4n) is 0. The Morgan fingerprint density at radius 1 is 1.00 bits per heavy atom. The van der Waals surface area contributed by atoms with Crippen LogP contribution in [0, 0.1) is 10.1 Å². The molecule has 0 saturated carbocycles. The van der Waals surface area contributed by atoms with Crippen LogP contribution in [0.2, 0.25) is 0 Å². The summed E-state index contributed by atoms with van der Waals surface area (Å²) in [5.41, 5.74) is 0. The number of halogens is 5. The van der Waals surface area contributed by atoms with E-state index in [0.29, 0.717) is 0 Å². The van der Waals surface area contributed by atoms with Gasteiger partial charge in [-0.05, 0) is 33.7 Å². The highest BCUT2D eigenvalue weighted by molar-refractivity contribution is 8.24. The van der Waals surface area contributed by atoms with Gasteiger partial charge in [-0.3, -0.25) is 14.7 Å². The van der Waals surface area contributed by atoms with E-state index in [9.17, 15) is 19.2 Å². The van der Waals surface area contributed by atoms with Gasteiger partial charge >= 0.3 is 11.2 Å². The van der Waals surface area contributed by atoms with E-state index in [4.69, 9.17) is 0 Å². The first-order valence-corrected chi connectivity index (χ1v) is 9.67. The van der Waals surface area contributed by atoms with Crippen molar-refractivity contribution in [2.75, 3.05) is 0 Å². The van der Waals surface area contributed by atoms with E-state index in [1.165, 1.54) is 0 Å². The van der Waals surface area contributed by atoms with Crippen molar-refractivity contribution in [1.29, 1.82) is 0 Å². The van der Waals surface area contributed by atoms with Crippen LogP contribution < -0.4 is 0 Å². The minimum atomic E-state index is -4.07. The maximum Gasteiger partial charge on any atom is 0.554 e. The van der Waals surface area contributed by atoms with Gasteiger partial charge in [-0.25, -0.2) is 4.57 Å². The lowest BCUT2D eigenvalue weighted by Gasteiger charge is -1.84. The van der Waals surface area contributed by atoms with Crippen molar-refractivity contribution < 1.29 is 13.8 Å². The van der Waals surface area contributed by atoms with Crippen LogP contribution in [0.1, 0.15) is 0 Å². The third-order valence-corrected chi connectivity index (χ3v) is 1.31. The summed E-state index contributed by atoms with van der Waals surface area (Å²) >= 11 is 22.8. The standard InChI is InChI=1S/Cl3OP.Cl2NO3P/c1-5(2,3)4;1-7(2,6)3(4)5. The molecule has 12 heavy (non-hydrogen) atoms. The molecule has 74 valence electrons. The van der Waals surface area contributed by atoms with Crippen molar-refractivity contribution in [1.82, 2.24) is 0 Å². The molecule has 0 fully saturated rings. The first-order valence-electron chi connectivity index (χ1n) is 1.78. The Morgan fingerprint density at radius 2 is 1.08 bits per heavy atom. The van der Waals surface area contributed by atoms with Gasteiger partial charge in [0, 0.05) is 22.5 Å². The van der Waals surface area contributed by atoms with Crippen LogP contribution in [-0.2, 0) is 9.13 Å². The zero-order valence-electron chi connectivity index (χ0n) is 4.86. The van der Waals surface area contributed by atoms with E-state index in [1.54, 1.807) is 0 Å². The van der Waals surface area contributed by atoms with Crippen molar-refractivity contribution in [3.8, 4) is 0 Å². The van der Waals surface area contributed by atoms with Gasteiger partial charge < -0.3 is 0 Å². The molecular formula is Cl5NO4P2. The molecule has 0 aliphatic carbocycles. The molecule has 0 amide bonds. The second-order valence-corrected chi connectivity index (χ2v) is 12.2. The molecule has 0 rings (SSSR count). The van der Waals surface area contributed by atoms with Gasteiger partial charge in [0.25, 0.3) is 0 Å². The van der Waals surface area contributed by atoms with Gasteiger partial charge in [-0.1, -0.05) is 0 Å². The fourth-order valence-corrected chi connectivity index (χ4v) is 0. The van der Waals surface area contributed by atoms with Crippen LogP contribution in [0.3, 0.4) is 0 Å².